The Bertz CT molecular complexity index is 587. The molecule has 0 unspecified atom stereocenters. The van der Waals surface area contributed by atoms with E-state index in [1.54, 1.807) is 6.92 Å². The second-order valence-electron chi connectivity index (χ2n) is 4.20. The molecule has 0 bridgehead atoms. The van der Waals surface area contributed by atoms with Crippen molar-refractivity contribution >= 4 is 21.7 Å². The maximum Gasteiger partial charge on any atom is 0.186 e. The summed E-state index contributed by atoms with van der Waals surface area (Å²) >= 11 is 3.46. The zero-order chi connectivity index (χ0) is 13.8. The predicted molar refractivity (Wildman–Crippen MR) is 78.6 cm³/mol. The lowest BCUT2D eigenvalue weighted by atomic mass is 10.2. The quantitative estimate of drug-likeness (QED) is 0.917. The van der Waals surface area contributed by atoms with Crippen LogP contribution in [0.3, 0.4) is 0 Å². The van der Waals surface area contributed by atoms with Gasteiger partial charge in [-0.3, -0.25) is 0 Å². The number of nitrogens with one attached hydrogen (secondary N) is 1. The summed E-state index contributed by atoms with van der Waals surface area (Å²) in [6.07, 6.45) is 0.910. The van der Waals surface area contributed by atoms with Crippen LogP contribution in [-0.4, -0.2) is 16.5 Å². The van der Waals surface area contributed by atoms with E-state index in [4.69, 9.17) is 0 Å². The van der Waals surface area contributed by atoms with Gasteiger partial charge in [0.2, 0.25) is 0 Å². The third-order valence-electron chi connectivity index (χ3n) is 2.67. The van der Waals surface area contributed by atoms with Gasteiger partial charge in [-0.2, -0.15) is 0 Å². The third-order valence-corrected chi connectivity index (χ3v) is 3.37. The van der Waals surface area contributed by atoms with Crippen molar-refractivity contribution in [2.75, 3.05) is 11.9 Å². The number of aromatic nitrogens is 2. The number of anilines is 1. The molecule has 0 saturated carbocycles. The fourth-order valence-corrected chi connectivity index (χ4v) is 2.14. The Morgan fingerprint density at radius 2 is 2.00 bits per heavy atom. The van der Waals surface area contributed by atoms with Crippen LogP contribution in [0.5, 0.6) is 0 Å². The number of hydrogen-bond donors (Lipinski definition) is 1. The molecule has 100 valence electrons. The van der Waals surface area contributed by atoms with E-state index in [1.165, 1.54) is 0 Å². The molecule has 0 atom stereocenters. The van der Waals surface area contributed by atoms with Gasteiger partial charge in [-0.15, -0.1) is 0 Å². The molecule has 0 saturated heterocycles. The number of nitrogens with zero attached hydrogens (tertiary/aromatic N) is 2. The van der Waals surface area contributed by atoms with Gasteiger partial charge < -0.3 is 5.32 Å². The van der Waals surface area contributed by atoms with Crippen molar-refractivity contribution in [2.45, 2.75) is 20.3 Å². The van der Waals surface area contributed by atoms with Crippen molar-refractivity contribution in [2.24, 2.45) is 0 Å². The highest BCUT2D eigenvalue weighted by atomic mass is 79.9. The summed E-state index contributed by atoms with van der Waals surface area (Å²) in [5.74, 6) is 0.398. The van der Waals surface area contributed by atoms with Gasteiger partial charge in [0.15, 0.2) is 17.5 Å². The molecule has 0 fully saturated rings. The van der Waals surface area contributed by atoms with Crippen LogP contribution in [0.1, 0.15) is 19.0 Å². The minimum Gasteiger partial charge on any atom is -0.368 e. The summed E-state index contributed by atoms with van der Waals surface area (Å²) in [5.41, 5.74) is 1.20. The van der Waals surface area contributed by atoms with Crippen LogP contribution in [0.15, 0.2) is 28.7 Å². The second kappa shape index (κ2) is 6.10. The van der Waals surface area contributed by atoms with Crippen molar-refractivity contribution in [3.05, 3.63) is 40.2 Å². The summed E-state index contributed by atoms with van der Waals surface area (Å²) < 4.78 is 14.8. The molecule has 0 aliphatic rings. The molecule has 0 aliphatic carbocycles. The highest BCUT2D eigenvalue weighted by molar-refractivity contribution is 9.10. The van der Waals surface area contributed by atoms with Gasteiger partial charge in [0.1, 0.15) is 0 Å². The van der Waals surface area contributed by atoms with E-state index in [-0.39, 0.29) is 11.6 Å². The second-order valence-corrected chi connectivity index (χ2v) is 5.06. The van der Waals surface area contributed by atoms with Gasteiger partial charge >= 0.3 is 0 Å². The summed E-state index contributed by atoms with van der Waals surface area (Å²) in [6.45, 7) is 4.35. The maximum absolute atomic E-state index is 13.9. The molecular formula is C14H15BrFN3. The molecule has 19 heavy (non-hydrogen) atoms. The van der Waals surface area contributed by atoms with Crippen molar-refractivity contribution in [1.29, 1.82) is 0 Å². The average Bonchev–Trinajstić information content (AvgIpc) is 2.41. The minimum absolute atomic E-state index is 0.264. The zero-order valence-electron chi connectivity index (χ0n) is 10.9. The number of aryl methyl sites for hydroxylation is 1. The lowest BCUT2D eigenvalue weighted by Gasteiger charge is -2.10. The molecule has 1 N–H and O–H groups in total. The monoisotopic (exact) mass is 323 g/mol. The van der Waals surface area contributed by atoms with Gasteiger partial charge in [-0.1, -0.05) is 41.1 Å². The van der Waals surface area contributed by atoms with Crippen LogP contribution in [0.25, 0.3) is 11.4 Å². The van der Waals surface area contributed by atoms with Crippen LogP contribution in [0.2, 0.25) is 0 Å². The highest BCUT2D eigenvalue weighted by Gasteiger charge is 2.13. The van der Waals surface area contributed by atoms with Gasteiger partial charge in [0.05, 0.1) is 5.69 Å². The standard InChI is InChI=1S/C14H15BrFN3/c1-3-8-17-14-12(16)9(2)18-13(19-14)10-6-4-5-7-11(10)15/h4-7H,3,8H2,1-2H3,(H,17,18,19). The van der Waals surface area contributed by atoms with Crippen LogP contribution in [-0.2, 0) is 0 Å². The Morgan fingerprint density at radius 1 is 1.26 bits per heavy atom. The number of halogens is 2. The van der Waals surface area contributed by atoms with E-state index in [2.05, 4.69) is 31.2 Å². The van der Waals surface area contributed by atoms with Crippen molar-refractivity contribution < 1.29 is 4.39 Å². The van der Waals surface area contributed by atoms with E-state index in [0.29, 0.717) is 18.1 Å². The van der Waals surface area contributed by atoms with Crippen LogP contribution in [0, 0.1) is 12.7 Å². The number of rotatable bonds is 4. The lowest BCUT2D eigenvalue weighted by molar-refractivity contribution is 0.605. The fraction of sp³-hybridized carbons (Fsp3) is 0.286. The first kappa shape index (κ1) is 13.9. The third kappa shape index (κ3) is 3.10. The Kier molecular flexibility index (Phi) is 4.47. The average molecular weight is 324 g/mol. The summed E-state index contributed by atoms with van der Waals surface area (Å²) in [4.78, 5) is 8.49. The molecule has 2 aromatic rings. The largest absolute Gasteiger partial charge is 0.368 e. The molecule has 2 rings (SSSR count). The number of hydrogen-bond acceptors (Lipinski definition) is 3. The molecule has 3 nitrogen and oxygen atoms in total. The van der Waals surface area contributed by atoms with Gasteiger partial charge in [-0.05, 0) is 19.4 Å². The lowest BCUT2D eigenvalue weighted by Crippen LogP contribution is -2.08. The molecule has 0 spiro atoms. The molecule has 0 amide bonds. The van der Waals surface area contributed by atoms with Crippen LogP contribution < -0.4 is 5.32 Å². The van der Waals surface area contributed by atoms with Crippen LogP contribution >= 0.6 is 15.9 Å². The fourth-order valence-electron chi connectivity index (χ4n) is 1.68. The van der Waals surface area contributed by atoms with Gasteiger partial charge in [0, 0.05) is 16.6 Å². The minimum atomic E-state index is -0.385. The molecule has 1 heterocycles. The van der Waals surface area contributed by atoms with Crippen molar-refractivity contribution in [3.63, 3.8) is 0 Å². The Labute approximate surface area is 120 Å². The summed E-state index contributed by atoms with van der Waals surface area (Å²) in [7, 11) is 0. The Balaban J connectivity index is 2.47. The molecule has 0 aliphatic heterocycles. The number of benzene rings is 1. The molecule has 1 aromatic heterocycles. The van der Waals surface area contributed by atoms with E-state index in [1.807, 2.05) is 31.2 Å². The first-order chi connectivity index (χ1) is 9.13. The molecular weight excluding hydrogens is 309 g/mol. The molecule has 5 heteroatoms. The predicted octanol–water partition coefficient (Wildman–Crippen LogP) is 4.18. The zero-order valence-corrected chi connectivity index (χ0v) is 12.5. The van der Waals surface area contributed by atoms with Crippen molar-refractivity contribution in [3.8, 4) is 11.4 Å². The normalized spacial score (nSPS) is 10.5. The topological polar surface area (TPSA) is 37.8 Å². The van der Waals surface area contributed by atoms with Crippen LogP contribution in [0.4, 0.5) is 10.2 Å². The smallest absolute Gasteiger partial charge is 0.186 e. The van der Waals surface area contributed by atoms with Crippen molar-refractivity contribution in [1.82, 2.24) is 9.97 Å². The molecule has 1 aromatic carbocycles. The highest BCUT2D eigenvalue weighted by Crippen LogP contribution is 2.27. The molecule has 0 radical (unpaired) electrons. The van der Waals surface area contributed by atoms with E-state index >= 15 is 0 Å². The SMILES string of the molecule is CCCNc1nc(-c2ccccc2Br)nc(C)c1F. The Hall–Kier alpha value is -1.49. The maximum atomic E-state index is 13.9. The van der Waals surface area contributed by atoms with E-state index in [0.717, 1.165) is 16.5 Å². The van der Waals surface area contributed by atoms with E-state index in [9.17, 15) is 4.39 Å². The van der Waals surface area contributed by atoms with E-state index < -0.39 is 0 Å². The Morgan fingerprint density at radius 3 is 2.68 bits per heavy atom. The van der Waals surface area contributed by atoms with Gasteiger partial charge in [-0.25, -0.2) is 14.4 Å². The summed E-state index contributed by atoms with van der Waals surface area (Å²) in [6, 6.07) is 7.64. The first-order valence-corrected chi connectivity index (χ1v) is 6.95. The van der Waals surface area contributed by atoms with Gasteiger partial charge in [0.25, 0.3) is 0 Å². The first-order valence-electron chi connectivity index (χ1n) is 6.16. The summed E-state index contributed by atoms with van der Waals surface area (Å²) in [5, 5.41) is 2.99.